The predicted molar refractivity (Wildman–Crippen MR) is 71.4 cm³/mol. The maximum Gasteiger partial charge on any atom is 0.123 e. The lowest BCUT2D eigenvalue weighted by Crippen LogP contribution is -1.79. The lowest BCUT2D eigenvalue weighted by atomic mass is 10.0. The van der Waals surface area contributed by atoms with Crippen molar-refractivity contribution in [3.8, 4) is 11.1 Å². The van der Waals surface area contributed by atoms with Gasteiger partial charge in [-0.3, -0.25) is 0 Å². The van der Waals surface area contributed by atoms with E-state index in [1.165, 1.54) is 12.1 Å². The average molecular weight is 290 g/mol. The molecule has 0 spiro atoms. The number of aromatic nitrogens is 1. The van der Waals surface area contributed by atoms with Gasteiger partial charge in [0.15, 0.2) is 0 Å². The minimum absolute atomic E-state index is 0.211. The van der Waals surface area contributed by atoms with Gasteiger partial charge >= 0.3 is 0 Å². The summed E-state index contributed by atoms with van der Waals surface area (Å²) < 4.78 is 13.9. The Morgan fingerprint density at radius 3 is 2.41 bits per heavy atom. The Hall–Kier alpha value is -1.61. The fraction of sp³-hybridized carbons (Fsp3) is 0. The quantitative estimate of drug-likeness (QED) is 0.666. The molecule has 0 atom stereocenters. The van der Waals surface area contributed by atoms with E-state index in [9.17, 15) is 4.39 Å². The number of aromatic amines is 1. The van der Waals surface area contributed by atoms with Gasteiger partial charge < -0.3 is 4.98 Å². The summed E-state index contributed by atoms with van der Waals surface area (Å²) >= 11 is 3.48. The van der Waals surface area contributed by atoms with E-state index >= 15 is 0 Å². The van der Waals surface area contributed by atoms with E-state index in [1.807, 2.05) is 12.3 Å². The standard InChI is InChI=1S/C14H9BrFN/c15-13-8-17-14-7-10(3-6-12(13)14)9-1-4-11(16)5-2-9/h1-8,17H. The van der Waals surface area contributed by atoms with Crippen LogP contribution in [0, 0.1) is 5.82 Å². The highest BCUT2D eigenvalue weighted by Crippen LogP contribution is 2.28. The zero-order valence-electron chi connectivity index (χ0n) is 8.87. The molecule has 0 aliphatic carbocycles. The molecule has 2 aromatic carbocycles. The van der Waals surface area contributed by atoms with Crippen molar-refractivity contribution in [2.75, 3.05) is 0 Å². The van der Waals surface area contributed by atoms with Crippen LogP contribution in [0.4, 0.5) is 4.39 Å². The van der Waals surface area contributed by atoms with Crippen molar-refractivity contribution in [1.82, 2.24) is 4.98 Å². The maximum absolute atomic E-state index is 12.8. The van der Waals surface area contributed by atoms with Crippen molar-refractivity contribution in [3.63, 3.8) is 0 Å². The van der Waals surface area contributed by atoms with Crippen molar-refractivity contribution >= 4 is 26.8 Å². The van der Waals surface area contributed by atoms with E-state index < -0.39 is 0 Å². The summed E-state index contributed by atoms with van der Waals surface area (Å²) in [5.74, 6) is -0.211. The second-order valence-electron chi connectivity index (χ2n) is 3.90. The minimum atomic E-state index is -0.211. The zero-order valence-corrected chi connectivity index (χ0v) is 10.5. The van der Waals surface area contributed by atoms with Gasteiger partial charge in [0, 0.05) is 21.6 Å². The molecule has 0 fully saturated rings. The molecule has 84 valence electrons. The van der Waals surface area contributed by atoms with Crippen LogP contribution in [0.1, 0.15) is 0 Å². The monoisotopic (exact) mass is 289 g/mol. The molecule has 1 heterocycles. The van der Waals surface area contributed by atoms with Crippen LogP contribution in [0.5, 0.6) is 0 Å². The molecule has 1 aromatic heterocycles. The number of hydrogen-bond acceptors (Lipinski definition) is 0. The molecule has 0 aliphatic heterocycles. The summed E-state index contributed by atoms with van der Waals surface area (Å²) in [6.45, 7) is 0. The van der Waals surface area contributed by atoms with Crippen LogP contribution in [0.2, 0.25) is 0 Å². The lowest BCUT2D eigenvalue weighted by Gasteiger charge is -2.02. The number of benzene rings is 2. The first-order valence-electron chi connectivity index (χ1n) is 5.26. The van der Waals surface area contributed by atoms with Gasteiger partial charge in [-0.1, -0.05) is 24.3 Å². The van der Waals surface area contributed by atoms with E-state index in [-0.39, 0.29) is 5.82 Å². The highest BCUT2D eigenvalue weighted by Gasteiger charge is 2.03. The summed E-state index contributed by atoms with van der Waals surface area (Å²) in [6.07, 6.45) is 1.92. The fourth-order valence-corrected chi connectivity index (χ4v) is 2.37. The fourth-order valence-electron chi connectivity index (χ4n) is 1.91. The number of H-pyrrole nitrogens is 1. The lowest BCUT2D eigenvalue weighted by molar-refractivity contribution is 0.628. The van der Waals surface area contributed by atoms with Gasteiger partial charge in [-0.2, -0.15) is 0 Å². The Morgan fingerprint density at radius 2 is 1.65 bits per heavy atom. The first-order valence-corrected chi connectivity index (χ1v) is 6.06. The van der Waals surface area contributed by atoms with Crippen LogP contribution in [0.25, 0.3) is 22.0 Å². The molecule has 17 heavy (non-hydrogen) atoms. The third-order valence-corrected chi connectivity index (χ3v) is 3.46. The predicted octanol–water partition coefficient (Wildman–Crippen LogP) is 4.74. The first-order chi connectivity index (χ1) is 8.24. The number of fused-ring (bicyclic) bond motifs is 1. The van der Waals surface area contributed by atoms with Crippen molar-refractivity contribution in [1.29, 1.82) is 0 Å². The summed E-state index contributed by atoms with van der Waals surface area (Å²) in [5, 5.41) is 1.15. The molecule has 0 amide bonds. The number of hydrogen-bond donors (Lipinski definition) is 1. The molecule has 3 heteroatoms. The van der Waals surface area contributed by atoms with Crippen molar-refractivity contribution in [3.05, 3.63) is 59.0 Å². The third-order valence-electron chi connectivity index (χ3n) is 2.81. The van der Waals surface area contributed by atoms with Crippen molar-refractivity contribution in [2.45, 2.75) is 0 Å². The van der Waals surface area contributed by atoms with Crippen LogP contribution in [0.3, 0.4) is 0 Å². The van der Waals surface area contributed by atoms with Gasteiger partial charge in [-0.15, -0.1) is 0 Å². The largest absolute Gasteiger partial charge is 0.360 e. The smallest absolute Gasteiger partial charge is 0.123 e. The third kappa shape index (κ3) is 1.87. The maximum atomic E-state index is 12.8. The topological polar surface area (TPSA) is 15.8 Å². The van der Waals surface area contributed by atoms with Crippen molar-refractivity contribution in [2.24, 2.45) is 0 Å². The molecule has 0 saturated heterocycles. The summed E-state index contributed by atoms with van der Waals surface area (Å²) in [4.78, 5) is 3.19. The molecule has 3 aromatic rings. The van der Waals surface area contributed by atoms with E-state index in [2.05, 4.69) is 33.0 Å². The van der Waals surface area contributed by atoms with Gasteiger partial charge in [-0.25, -0.2) is 4.39 Å². The van der Waals surface area contributed by atoms with E-state index in [4.69, 9.17) is 0 Å². The Morgan fingerprint density at radius 1 is 0.941 bits per heavy atom. The van der Waals surface area contributed by atoms with Gasteiger partial charge in [0.05, 0.1) is 0 Å². The molecular formula is C14H9BrFN. The van der Waals surface area contributed by atoms with E-state index in [0.717, 1.165) is 26.5 Å². The van der Waals surface area contributed by atoms with Gasteiger partial charge in [0.2, 0.25) is 0 Å². The van der Waals surface area contributed by atoms with Gasteiger partial charge in [0.25, 0.3) is 0 Å². The summed E-state index contributed by atoms with van der Waals surface area (Å²) in [6, 6.07) is 12.7. The van der Waals surface area contributed by atoms with E-state index in [0.29, 0.717) is 0 Å². The first kappa shape index (κ1) is 10.5. The van der Waals surface area contributed by atoms with Crippen molar-refractivity contribution < 1.29 is 4.39 Å². The van der Waals surface area contributed by atoms with Crippen LogP contribution >= 0.6 is 15.9 Å². The van der Waals surface area contributed by atoms with E-state index in [1.54, 1.807) is 12.1 Å². The highest BCUT2D eigenvalue weighted by molar-refractivity contribution is 9.10. The Kier molecular flexibility index (Phi) is 2.48. The molecule has 3 rings (SSSR count). The molecule has 1 N–H and O–H groups in total. The summed E-state index contributed by atoms with van der Waals surface area (Å²) in [7, 11) is 0. The van der Waals surface area contributed by atoms with Gasteiger partial charge in [0.1, 0.15) is 5.82 Å². The normalized spacial score (nSPS) is 10.9. The SMILES string of the molecule is Fc1ccc(-c2ccc3c(Br)c[nH]c3c2)cc1. The Labute approximate surface area is 106 Å². The molecule has 0 aliphatic rings. The minimum Gasteiger partial charge on any atom is -0.360 e. The van der Waals surface area contributed by atoms with Crippen LogP contribution in [0.15, 0.2) is 53.1 Å². The molecule has 1 nitrogen and oxygen atoms in total. The molecule has 0 unspecified atom stereocenters. The average Bonchev–Trinajstić information content (AvgIpc) is 2.72. The van der Waals surface area contributed by atoms with Crippen LogP contribution in [-0.2, 0) is 0 Å². The molecular weight excluding hydrogens is 281 g/mol. The van der Waals surface area contributed by atoms with Crippen LogP contribution < -0.4 is 0 Å². The number of nitrogens with one attached hydrogen (secondary N) is 1. The molecule has 0 bridgehead atoms. The molecule has 0 saturated carbocycles. The second-order valence-corrected chi connectivity index (χ2v) is 4.76. The van der Waals surface area contributed by atoms with Crippen LogP contribution in [-0.4, -0.2) is 4.98 Å². The van der Waals surface area contributed by atoms with Gasteiger partial charge in [-0.05, 0) is 45.3 Å². The summed E-state index contributed by atoms with van der Waals surface area (Å²) in [5.41, 5.74) is 3.16. The molecule has 0 radical (unpaired) electrons. The second kappa shape index (κ2) is 4.00. The number of rotatable bonds is 1. The Bertz CT molecular complexity index is 670. The Balaban J connectivity index is 2.14. The highest BCUT2D eigenvalue weighted by atomic mass is 79.9. The number of halogens is 2. The zero-order chi connectivity index (χ0) is 11.8.